The molecule has 1 aliphatic heterocycles. The number of hydrogen-bond donors (Lipinski definition) is 2. The molecular weight excluding hydrogens is 264 g/mol. The van der Waals surface area contributed by atoms with Gasteiger partial charge in [0.1, 0.15) is 5.82 Å². The van der Waals surface area contributed by atoms with Crippen molar-refractivity contribution < 1.29 is 4.92 Å². The first-order valence-electron chi connectivity index (χ1n) is 6.44. The zero-order valence-electron chi connectivity index (χ0n) is 10.9. The number of nitro groups is 1. The highest BCUT2D eigenvalue weighted by atomic mass is 32.2. The summed E-state index contributed by atoms with van der Waals surface area (Å²) < 4.78 is 0. The van der Waals surface area contributed by atoms with Gasteiger partial charge in [-0.1, -0.05) is 0 Å². The summed E-state index contributed by atoms with van der Waals surface area (Å²) in [5.74, 6) is 3.23. The first-order chi connectivity index (χ1) is 9.20. The maximum Gasteiger partial charge on any atom is 0.311 e. The molecule has 2 rings (SSSR count). The first-order valence-corrected chi connectivity index (χ1v) is 7.59. The number of nitrogens with one attached hydrogen (secondary N) is 2. The lowest BCUT2D eigenvalue weighted by molar-refractivity contribution is -0.384. The molecule has 2 heterocycles. The topological polar surface area (TPSA) is 80.1 Å². The van der Waals surface area contributed by atoms with E-state index in [2.05, 4.69) is 15.6 Å². The number of pyridine rings is 1. The summed E-state index contributed by atoms with van der Waals surface area (Å²) in [5, 5.41) is 17.3. The molecule has 0 aromatic carbocycles. The van der Waals surface area contributed by atoms with Crippen LogP contribution in [0.3, 0.4) is 0 Å². The van der Waals surface area contributed by atoms with E-state index in [1.165, 1.54) is 6.07 Å². The van der Waals surface area contributed by atoms with E-state index < -0.39 is 0 Å². The molecule has 0 unspecified atom stereocenters. The van der Waals surface area contributed by atoms with Gasteiger partial charge in [0.15, 0.2) is 0 Å². The number of aromatic nitrogens is 1. The van der Waals surface area contributed by atoms with Crippen LogP contribution in [0.15, 0.2) is 12.1 Å². The highest BCUT2D eigenvalue weighted by Crippen LogP contribution is 2.27. The average Bonchev–Trinajstić information content (AvgIpc) is 2.40. The van der Waals surface area contributed by atoms with E-state index in [1.54, 1.807) is 6.07 Å². The van der Waals surface area contributed by atoms with Crippen molar-refractivity contribution in [1.82, 2.24) is 4.98 Å². The van der Waals surface area contributed by atoms with E-state index >= 15 is 0 Å². The summed E-state index contributed by atoms with van der Waals surface area (Å²) in [6.45, 7) is 2.71. The van der Waals surface area contributed by atoms with Gasteiger partial charge >= 0.3 is 5.69 Å². The van der Waals surface area contributed by atoms with Crippen LogP contribution in [0, 0.1) is 10.1 Å². The van der Waals surface area contributed by atoms with Gasteiger partial charge in [-0.25, -0.2) is 4.98 Å². The van der Waals surface area contributed by atoms with Crippen LogP contribution in [0.1, 0.15) is 19.8 Å². The molecule has 0 bridgehead atoms. The van der Waals surface area contributed by atoms with Crippen LogP contribution >= 0.6 is 11.8 Å². The minimum Gasteiger partial charge on any atom is -0.370 e. The Bertz CT molecular complexity index is 449. The quantitative estimate of drug-likeness (QED) is 0.638. The molecule has 0 radical (unpaired) electrons. The molecule has 1 aromatic rings. The Morgan fingerprint density at radius 1 is 1.47 bits per heavy atom. The van der Waals surface area contributed by atoms with E-state index in [4.69, 9.17) is 0 Å². The maximum absolute atomic E-state index is 11.0. The van der Waals surface area contributed by atoms with E-state index in [1.807, 2.05) is 18.7 Å². The number of anilines is 2. The van der Waals surface area contributed by atoms with Crippen molar-refractivity contribution in [2.45, 2.75) is 25.8 Å². The van der Waals surface area contributed by atoms with Gasteiger partial charge in [0.05, 0.1) is 4.92 Å². The molecule has 0 amide bonds. The molecule has 1 saturated heterocycles. The van der Waals surface area contributed by atoms with Crippen LogP contribution in [-0.2, 0) is 0 Å². The lowest BCUT2D eigenvalue weighted by atomic mass is 10.1. The molecule has 0 atom stereocenters. The van der Waals surface area contributed by atoms with Crippen molar-refractivity contribution in [3.63, 3.8) is 0 Å². The Hall–Kier alpha value is -1.50. The molecule has 0 saturated carbocycles. The standard InChI is InChI=1S/C12H18N4O2S/c1-2-13-11-4-3-10(16(17)18)12(15-11)14-9-5-7-19-8-6-9/h3-4,9H,2,5-8H2,1H3,(H2,13,14,15). The van der Waals surface area contributed by atoms with Gasteiger partial charge in [0.2, 0.25) is 5.82 Å². The third-order valence-electron chi connectivity index (χ3n) is 2.99. The van der Waals surface area contributed by atoms with E-state index in [0.717, 1.165) is 30.9 Å². The fourth-order valence-corrected chi connectivity index (χ4v) is 3.13. The molecule has 6 nitrogen and oxygen atoms in total. The molecular formula is C12H18N4O2S. The fourth-order valence-electron chi connectivity index (χ4n) is 2.02. The van der Waals surface area contributed by atoms with Gasteiger partial charge < -0.3 is 10.6 Å². The van der Waals surface area contributed by atoms with Crippen molar-refractivity contribution in [3.8, 4) is 0 Å². The van der Waals surface area contributed by atoms with Crippen LogP contribution in [-0.4, -0.2) is 34.0 Å². The minimum absolute atomic E-state index is 0.0416. The molecule has 0 aliphatic carbocycles. The van der Waals surface area contributed by atoms with E-state index in [0.29, 0.717) is 11.6 Å². The van der Waals surface area contributed by atoms with Crippen LogP contribution in [0.4, 0.5) is 17.3 Å². The van der Waals surface area contributed by atoms with Crippen molar-refractivity contribution in [3.05, 3.63) is 22.2 Å². The predicted octanol–water partition coefficient (Wildman–Crippen LogP) is 2.73. The van der Waals surface area contributed by atoms with Gasteiger partial charge in [-0.3, -0.25) is 10.1 Å². The van der Waals surface area contributed by atoms with Gasteiger partial charge in [-0.2, -0.15) is 11.8 Å². The lowest BCUT2D eigenvalue weighted by Gasteiger charge is -2.23. The second-order valence-corrected chi connectivity index (χ2v) is 5.61. The number of nitrogens with zero attached hydrogens (tertiary/aromatic N) is 2. The molecule has 1 aromatic heterocycles. The summed E-state index contributed by atoms with van der Waals surface area (Å²) in [6, 6.07) is 3.43. The summed E-state index contributed by atoms with van der Waals surface area (Å²) in [5.41, 5.74) is 0.0416. The smallest absolute Gasteiger partial charge is 0.311 e. The molecule has 7 heteroatoms. The predicted molar refractivity (Wildman–Crippen MR) is 79.0 cm³/mol. The highest BCUT2D eigenvalue weighted by molar-refractivity contribution is 7.99. The van der Waals surface area contributed by atoms with Gasteiger partial charge in [0, 0.05) is 18.7 Å². The third kappa shape index (κ3) is 3.73. The van der Waals surface area contributed by atoms with Crippen LogP contribution in [0.5, 0.6) is 0 Å². The normalized spacial score (nSPS) is 16.1. The van der Waals surface area contributed by atoms with Crippen molar-refractivity contribution in [2.75, 3.05) is 28.7 Å². The summed E-state index contributed by atoms with van der Waals surface area (Å²) in [7, 11) is 0. The maximum atomic E-state index is 11.0. The number of rotatable bonds is 5. The lowest BCUT2D eigenvalue weighted by Crippen LogP contribution is -2.25. The van der Waals surface area contributed by atoms with Crippen LogP contribution in [0.25, 0.3) is 0 Å². The van der Waals surface area contributed by atoms with Crippen LogP contribution in [0.2, 0.25) is 0 Å². The van der Waals surface area contributed by atoms with Crippen LogP contribution < -0.4 is 10.6 Å². The summed E-state index contributed by atoms with van der Waals surface area (Å²) in [6.07, 6.45) is 2.05. The summed E-state index contributed by atoms with van der Waals surface area (Å²) in [4.78, 5) is 15.0. The van der Waals surface area contributed by atoms with Gasteiger partial charge in [-0.05, 0) is 37.3 Å². The van der Waals surface area contributed by atoms with Crippen molar-refractivity contribution in [2.24, 2.45) is 0 Å². The van der Waals surface area contributed by atoms with E-state index in [-0.39, 0.29) is 16.7 Å². The Morgan fingerprint density at radius 3 is 2.84 bits per heavy atom. The minimum atomic E-state index is -0.386. The molecule has 1 aliphatic rings. The molecule has 104 valence electrons. The summed E-state index contributed by atoms with van der Waals surface area (Å²) >= 11 is 1.92. The second-order valence-electron chi connectivity index (χ2n) is 4.38. The monoisotopic (exact) mass is 282 g/mol. The zero-order valence-corrected chi connectivity index (χ0v) is 11.7. The number of hydrogen-bond acceptors (Lipinski definition) is 6. The fraction of sp³-hybridized carbons (Fsp3) is 0.583. The first kappa shape index (κ1) is 13.9. The number of thioether (sulfide) groups is 1. The second kappa shape index (κ2) is 6.60. The Morgan fingerprint density at radius 2 is 2.21 bits per heavy atom. The Labute approximate surface area is 116 Å². The zero-order chi connectivity index (χ0) is 13.7. The molecule has 0 spiro atoms. The average molecular weight is 282 g/mol. The van der Waals surface area contributed by atoms with E-state index in [9.17, 15) is 10.1 Å². The largest absolute Gasteiger partial charge is 0.370 e. The third-order valence-corrected chi connectivity index (χ3v) is 4.04. The van der Waals surface area contributed by atoms with Gasteiger partial charge in [-0.15, -0.1) is 0 Å². The molecule has 1 fully saturated rings. The Balaban J connectivity index is 2.18. The van der Waals surface area contributed by atoms with Gasteiger partial charge in [0.25, 0.3) is 0 Å². The SMILES string of the molecule is CCNc1ccc([N+](=O)[O-])c(NC2CCSCC2)n1. The Kier molecular flexibility index (Phi) is 4.84. The highest BCUT2D eigenvalue weighted by Gasteiger charge is 2.20. The molecule has 19 heavy (non-hydrogen) atoms. The van der Waals surface area contributed by atoms with Crippen molar-refractivity contribution in [1.29, 1.82) is 0 Å². The molecule has 2 N–H and O–H groups in total. The van der Waals surface area contributed by atoms with Crippen molar-refractivity contribution >= 4 is 29.1 Å².